The number of hydrogen-bond donors (Lipinski definition) is 1. The quantitative estimate of drug-likeness (QED) is 0.917. The maximum atomic E-state index is 10.3. The van der Waals surface area contributed by atoms with Gasteiger partial charge in [-0.05, 0) is 30.2 Å². The van der Waals surface area contributed by atoms with E-state index in [4.69, 9.17) is 9.47 Å². The third-order valence-electron chi connectivity index (χ3n) is 3.29. The molecule has 0 amide bonds. The molecule has 0 aliphatic carbocycles. The van der Waals surface area contributed by atoms with Crippen molar-refractivity contribution in [1.82, 2.24) is 0 Å². The second kappa shape index (κ2) is 4.94. The summed E-state index contributed by atoms with van der Waals surface area (Å²) in [6, 6.07) is 13.8. The van der Waals surface area contributed by atoms with E-state index in [-0.39, 0.29) is 6.79 Å². The van der Waals surface area contributed by atoms with E-state index in [0.717, 1.165) is 16.9 Å². The molecule has 0 saturated heterocycles. The molecule has 3 nitrogen and oxygen atoms in total. The second-order valence-corrected chi connectivity index (χ2v) is 4.82. The fourth-order valence-corrected chi connectivity index (χ4v) is 2.30. The van der Waals surface area contributed by atoms with Crippen molar-refractivity contribution < 1.29 is 14.6 Å². The van der Waals surface area contributed by atoms with Gasteiger partial charge in [0.25, 0.3) is 0 Å². The van der Waals surface area contributed by atoms with Crippen molar-refractivity contribution in [3.8, 4) is 11.5 Å². The summed E-state index contributed by atoms with van der Waals surface area (Å²) in [5.41, 5.74) is 3.19. The highest BCUT2D eigenvalue weighted by Gasteiger charge is 2.16. The van der Waals surface area contributed by atoms with E-state index in [1.807, 2.05) is 30.3 Å². The van der Waals surface area contributed by atoms with Gasteiger partial charge in [0.1, 0.15) is 0 Å². The third kappa shape index (κ3) is 2.56. The molecule has 1 unspecified atom stereocenters. The van der Waals surface area contributed by atoms with Gasteiger partial charge in [0.2, 0.25) is 6.79 Å². The van der Waals surface area contributed by atoms with Crippen LogP contribution >= 0.6 is 0 Å². The van der Waals surface area contributed by atoms with Crippen LogP contribution in [0, 0.1) is 6.92 Å². The Morgan fingerprint density at radius 1 is 1.11 bits per heavy atom. The van der Waals surface area contributed by atoms with Crippen LogP contribution < -0.4 is 9.47 Å². The molecule has 2 aromatic rings. The Balaban J connectivity index is 1.78. The van der Waals surface area contributed by atoms with E-state index in [9.17, 15) is 5.11 Å². The number of aliphatic hydroxyl groups is 1. The third-order valence-corrected chi connectivity index (χ3v) is 3.29. The predicted molar refractivity (Wildman–Crippen MR) is 72.4 cm³/mol. The molecule has 1 aliphatic rings. The summed E-state index contributed by atoms with van der Waals surface area (Å²) in [6.07, 6.45) is 0.0673. The minimum Gasteiger partial charge on any atom is -0.454 e. The zero-order valence-electron chi connectivity index (χ0n) is 10.8. The van der Waals surface area contributed by atoms with Crippen LogP contribution in [0.3, 0.4) is 0 Å². The lowest BCUT2D eigenvalue weighted by Crippen LogP contribution is -2.02. The SMILES string of the molecule is Cc1cccc(CC(O)c2ccc3c(c2)OCO3)c1. The van der Waals surface area contributed by atoms with Crippen molar-refractivity contribution in [2.24, 2.45) is 0 Å². The molecule has 0 fully saturated rings. The normalized spacial score (nSPS) is 14.4. The van der Waals surface area contributed by atoms with Crippen molar-refractivity contribution in [1.29, 1.82) is 0 Å². The largest absolute Gasteiger partial charge is 0.454 e. The van der Waals surface area contributed by atoms with Gasteiger partial charge in [-0.15, -0.1) is 0 Å². The van der Waals surface area contributed by atoms with Crippen LogP contribution in [0.25, 0.3) is 0 Å². The summed E-state index contributed by atoms with van der Waals surface area (Å²) in [5.74, 6) is 1.45. The Morgan fingerprint density at radius 3 is 2.79 bits per heavy atom. The fraction of sp³-hybridized carbons (Fsp3) is 0.250. The number of hydrogen-bond acceptors (Lipinski definition) is 3. The number of aliphatic hydroxyl groups excluding tert-OH is 1. The van der Waals surface area contributed by atoms with Crippen LogP contribution in [0.5, 0.6) is 11.5 Å². The molecule has 2 aromatic carbocycles. The maximum absolute atomic E-state index is 10.3. The zero-order valence-corrected chi connectivity index (χ0v) is 10.8. The summed E-state index contributed by atoms with van der Waals surface area (Å²) in [4.78, 5) is 0. The highest BCUT2D eigenvalue weighted by atomic mass is 16.7. The standard InChI is InChI=1S/C16H16O3/c1-11-3-2-4-12(7-11)8-14(17)13-5-6-15-16(9-13)19-10-18-15/h2-7,9,14,17H,8,10H2,1H3. The minimum atomic E-state index is -0.531. The lowest BCUT2D eigenvalue weighted by molar-refractivity contribution is 0.171. The molecule has 1 N–H and O–H groups in total. The van der Waals surface area contributed by atoms with E-state index < -0.39 is 6.10 Å². The molecular weight excluding hydrogens is 240 g/mol. The van der Waals surface area contributed by atoms with Crippen LogP contribution in [0.4, 0.5) is 0 Å². The van der Waals surface area contributed by atoms with Gasteiger partial charge in [-0.2, -0.15) is 0 Å². The molecule has 1 atom stereocenters. The van der Waals surface area contributed by atoms with Crippen molar-refractivity contribution in [2.45, 2.75) is 19.4 Å². The lowest BCUT2D eigenvalue weighted by Gasteiger charge is -2.12. The molecule has 0 bridgehead atoms. The number of ether oxygens (including phenoxy) is 2. The Bertz CT molecular complexity index is 592. The average Bonchev–Trinajstić information content (AvgIpc) is 2.85. The number of benzene rings is 2. The van der Waals surface area contributed by atoms with Gasteiger partial charge in [0.05, 0.1) is 6.10 Å². The molecule has 19 heavy (non-hydrogen) atoms. The summed E-state index contributed by atoms with van der Waals surface area (Å²) in [6.45, 7) is 2.31. The molecule has 98 valence electrons. The Morgan fingerprint density at radius 2 is 1.95 bits per heavy atom. The Kier molecular flexibility index (Phi) is 3.13. The van der Waals surface area contributed by atoms with Gasteiger partial charge in [0.15, 0.2) is 11.5 Å². The van der Waals surface area contributed by atoms with Crippen LogP contribution in [0.2, 0.25) is 0 Å². The molecule has 3 rings (SSSR count). The van der Waals surface area contributed by atoms with Crippen LogP contribution in [-0.2, 0) is 6.42 Å². The zero-order chi connectivity index (χ0) is 13.2. The molecule has 1 aliphatic heterocycles. The van der Waals surface area contributed by atoms with Gasteiger partial charge in [-0.25, -0.2) is 0 Å². The lowest BCUT2D eigenvalue weighted by atomic mass is 10.00. The highest BCUT2D eigenvalue weighted by molar-refractivity contribution is 5.45. The van der Waals surface area contributed by atoms with Crippen LogP contribution in [-0.4, -0.2) is 11.9 Å². The van der Waals surface area contributed by atoms with Gasteiger partial charge < -0.3 is 14.6 Å². The smallest absolute Gasteiger partial charge is 0.231 e. The second-order valence-electron chi connectivity index (χ2n) is 4.82. The monoisotopic (exact) mass is 256 g/mol. The molecule has 3 heteroatoms. The average molecular weight is 256 g/mol. The molecule has 0 saturated carbocycles. The summed E-state index contributed by atoms with van der Waals surface area (Å²) in [7, 11) is 0. The molecule has 0 spiro atoms. The van der Waals surface area contributed by atoms with Crippen molar-refractivity contribution in [3.05, 3.63) is 59.2 Å². The molecule has 0 aromatic heterocycles. The van der Waals surface area contributed by atoms with E-state index in [0.29, 0.717) is 12.2 Å². The van der Waals surface area contributed by atoms with E-state index in [1.54, 1.807) is 0 Å². The summed E-state index contributed by atoms with van der Waals surface area (Å²) in [5, 5.41) is 10.3. The Hall–Kier alpha value is -2.00. The Labute approximate surface area is 112 Å². The molecular formula is C16H16O3. The minimum absolute atomic E-state index is 0.257. The predicted octanol–water partition coefficient (Wildman–Crippen LogP) is 3.00. The molecule has 1 heterocycles. The van der Waals surface area contributed by atoms with Gasteiger partial charge in [0, 0.05) is 6.42 Å². The van der Waals surface area contributed by atoms with Crippen LogP contribution in [0.1, 0.15) is 22.8 Å². The van der Waals surface area contributed by atoms with E-state index in [1.165, 1.54) is 5.56 Å². The van der Waals surface area contributed by atoms with E-state index in [2.05, 4.69) is 19.1 Å². The summed E-state index contributed by atoms with van der Waals surface area (Å²) < 4.78 is 10.6. The topological polar surface area (TPSA) is 38.7 Å². The fourth-order valence-electron chi connectivity index (χ4n) is 2.30. The van der Waals surface area contributed by atoms with E-state index >= 15 is 0 Å². The van der Waals surface area contributed by atoms with Crippen LogP contribution in [0.15, 0.2) is 42.5 Å². The first kappa shape index (κ1) is 12.1. The maximum Gasteiger partial charge on any atom is 0.231 e. The number of fused-ring (bicyclic) bond motifs is 1. The first-order chi connectivity index (χ1) is 9.22. The highest BCUT2D eigenvalue weighted by Crippen LogP contribution is 2.34. The summed E-state index contributed by atoms with van der Waals surface area (Å²) >= 11 is 0. The first-order valence-electron chi connectivity index (χ1n) is 6.35. The van der Waals surface area contributed by atoms with Crippen molar-refractivity contribution in [2.75, 3.05) is 6.79 Å². The number of aryl methyl sites for hydroxylation is 1. The van der Waals surface area contributed by atoms with Gasteiger partial charge in [-0.1, -0.05) is 35.9 Å². The van der Waals surface area contributed by atoms with Crippen molar-refractivity contribution in [3.63, 3.8) is 0 Å². The van der Waals surface area contributed by atoms with Gasteiger partial charge in [-0.3, -0.25) is 0 Å². The molecule has 0 radical (unpaired) electrons. The first-order valence-corrected chi connectivity index (χ1v) is 6.35. The van der Waals surface area contributed by atoms with Gasteiger partial charge >= 0.3 is 0 Å². The van der Waals surface area contributed by atoms with Crippen molar-refractivity contribution >= 4 is 0 Å². The number of rotatable bonds is 3.